The van der Waals surface area contributed by atoms with Crippen molar-refractivity contribution in [2.45, 2.75) is 45.6 Å². The third-order valence-corrected chi connectivity index (χ3v) is 4.05. The molecule has 0 aliphatic heterocycles. The molecule has 2 atom stereocenters. The molecule has 2 rings (SSSR count). The zero-order chi connectivity index (χ0) is 13.0. The van der Waals surface area contributed by atoms with Gasteiger partial charge in [-0.1, -0.05) is 12.8 Å². The van der Waals surface area contributed by atoms with Gasteiger partial charge in [0.05, 0.1) is 0 Å². The average Bonchev–Trinajstić information content (AvgIpc) is 2.85. The summed E-state index contributed by atoms with van der Waals surface area (Å²) in [6, 6.07) is 2.48. The first kappa shape index (κ1) is 13.4. The third kappa shape index (κ3) is 3.25. The molecule has 0 amide bonds. The van der Waals surface area contributed by atoms with Gasteiger partial charge in [0, 0.05) is 24.8 Å². The molecule has 2 unspecified atom stereocenters. The Bertz CT molecular complexity index is 358. The molecule has 102 valence electrons. The smallest absolute Gasteiger partial charge is 0.148 e. The number of hydrogen-bond donors (Lipinski definition) is 2. The van der Waals surface area contributed by atoms with Crippen molar-refractivity contribution in [2.24, 2.45) is 17.6 Å². The van der Waals surface area contributed by atoms with Crippen molar-refractivity contribution in [3.8, 4) is 0 Å². The Morgan fingerprint density at radius 1 is 1.39 bits per heavy atom. The molecule has 0 aromatic carbocycles. The Hall–Kier alpha value is -1.03. The predicted molar refractivity (Wildman–Crippen MR) is 75.6 cm³/mol. The van der Waals surface area contributed by atoms with Crippen LogP contribution in [0.1, 0.15) is 45.6 Å². The molecule has 4 heteroatoms. The minimum atomic E-state index is 0.423. The van der Waals surface area contributed by atoms with Crippen LogP contribution in [-0.4, -0.2) is 22.9 Å². The lowest BCUT2D eigenvalue weighted by atomic mass is 9.79. The summed E-state index contributed by atoms with van der Waals surface area (Å²) in [5, 5.41) is 7.99. The van der Waals surface area contributed by atoms with Crippen LogP contribution in [0.15, 0.2) is 12.3 Å². The molecule has 1 aliphatic rings. The molecule has 1 fully saturated rings. The van der Waals surface area contributed by atoms with E-state index in [0.717, 1.165) is 18.9 Å². The van der Waals surface area contributed by atoms with Gasteiger partial charge in [-0.3, -0.25) is 4.68 Å². The van der Waals surface area contributed by atoms with E-state index in [4.69, 9.17) is 5.73 Å². The molecule has 1 aromatic heterocycles. The lowest BCUT2D eigenvalue weighted by Gasteiger charge is -2.30. The van der Waals surface area contributed by atoms with Gasteiger partial charge in [0.25, 0.3) is 0 Å². The van der Waals surface area contributed by atoms with Gasteiger partial charge in [0.15, 0.2) is 0 Å². The molecule has 18 heavy (non-hydrogen) atoms. The number of anilines is 1. The van der Waals surface area contributed by atoms with Crippen LogP contribution in [0.5, 0.6) is 0 Å². The second kappa shape index (κ2) is 6.23. The van der Waals surface area contributed by atoms with E-state index in [9.17, 15) is 0 Å². The summed E-state index contributed by atoms with van der Waals surface area (Å²) in [6.07, 6.45) is 7.33. The van der Waals surface area contributed by atoms with Crippen LogP contribution in [0.25, 0.3) is 0 Å². The summed E-state index contributed by atoms with van der Waals surface area (Å²) in [7, 11) is 0. The molecule has 1 heterocycles. The van der Waals surface area contributed by atoms with E-state index in [-0.39, 0.29) is 0 Å². The highest BCUT2D eigenvalue weighted by molar-refractivity contribution is 5.32. The molecule has 0 radical (unpaired) electrons. The van der Waals surface area contributed by atoms with Gasteiger partial charge in [0.2, 0.25) is 0 Å². The van der Waals surface area contributed by atoms with Gasteiger partial charge in [-0.15, -0.1) is 0 Å². The largest absolute Gasteiger partial charge is 0.368 e. The summed E-state index contributed by atoms with van der Waals surface area (Å²) in [5.74, 6) is 2.40. The van der Waals surface area contributed by atoms with E-state index in [1.807, 2.05) is 10.9 Å². The second-order valence-electron chi connectivity index (χ2n) is 5.70. The van der Waals surface area contributed by atoms with Crippen molar-refractivity contribution >= 4 is 5.82 Å². The Kier molecular flexibility index (Phi) is 4.64. The molecule has 1 saturated carbocycles. The van der Waals surface area contributed by atoms with Crippen LogP contribution < -0.4 is 11.1 Å². The Balaban J connectivity index is 1.85. The molecule has 4 nitrogen and oxygen atoms in total. The van der Waals surface area contributed by atoms with Crippen molar-refractivity contribution in [1.29, 1.82) is 0 Å². The molecular weight excluding hydrogens is 224 g/mol. The minimum Gasteiger partial charge on any atom is -0.368 e. The maximum Gasteiger partial charge on any atom is 0.148 e. The maximum atomic E-state index is 5.86. The van der Waals surface area contributed by atoms with Crippen molar-refractivity contribution in [1.82, 2.24) is 9.78 Å². The fraction of sp³-hybridized carbons (Fsp3) is 0.786. The van der Waals surface area contributed by atoms with Crippen LogP contribution in [0.3, 0.4) is 0 Å². The zero-order valence-corrected chi connectivity index (χ0v) is 11.6. The van der Waals surface area contributed by atoms with Crippen LogP contribution in [-0.2, 0) is 0 Å². The molecule has 3 N–H and O–H groups in total. The minimum absolute atomic E-state index is 0.423. The lowest BCUT2D eigenvalue weighted by molar-refractivity contribution is 0.255. The number of nitrogens with one attached hydrogen (secondary N) is 1. The molecule has 0 spiro atoms. The maximum absolute atomic E-state index is 5.86. The summed E-state index contributed by atoms with van der Waals surface area (Å²) < 4.78 is 1.99. The molecule has 0 bridgehead atoms. The van der Waals surface area contributed by atoms with E-state index in [1.165, 1.54) is 25.7 Å². The van der Waals surface area contributed by atoms with E-state index >= 15 is 0 Å². The monoisotopic (exact) mass is 250 g/mol. The summed E-state index contributed by atoms with van der Waals surface area (Å²) in [5.41, 5.74) is 5.86. The standard InChI is InChI=1S/C14H26N4/c1-11(2)18-8-7-14(17-18)16-10-13-6-4-3-5-12(13)9-15/h7-8,11-13H,3-6,9-10,15H2,1-2H3,(H,16,17). The van der Waals surface area contributed by atoms with Crippen molar-refractivity contribution in [3.05, 3.63) is 12.3 Å². The quantitative estimate of drug-likeness (QED) is 0.844. The van der Waals surface area contributed by atoms with Crippen LogP contribution in [0, 0.1) is 11.8 Å². The first-order valence-corrected chi connectivity index (χ1v) is 7.19. The Labute approximate surface area is 110 Å². The summed E-state index contributed by atoms with van der Waals surface area (Å²) in [6.45, 7) is 6.12. The van der Waals surface area contributed by atoms with E-state index in [1.54, 1.807) is 0 Å². The van der Waals surface area contributed by atoms with Crippen molar-refractivity contribution in [2.75, 3.05) is 18.4 Å². The van der Waals surface area contributed by atoms with E-state index < -0.39 is 0 Å². The highest BCUT2D eigenvalue weighted by Gasteiger charge is 2.23. The molecule has 1 aromatic rings. The van der Waals surface area contributed by atoms with E-state index in [2.05, 4.69) is 30.3 Å². The van der Waals surface area contributed by atoms with Crippen LogP contribution in [0.4, 0.5) is 5.82 Å². The van der Waals surface area contributed by atoms with Crippen molar-refractivity contribution in [3.63, 3.8) is 0 Å². The molecular formula is C14H26N4. The average molecular weight is 250 g/mol. The van der Waals surface area contributed by atoms with Gasteiger partial charge in [-0.2, -0.15) is 5.10 Å². The first-order valence-electron chi connectivity index (χ1n) is 7.19. The number of rotatable bonds is 5. The second-order valence-corrected chi connectivity index (χ2v) is 5.70. The van der Waals surface area contributed by atoms with Crippen LogP contribution in [0.2, 0.25) is 0 Å². The normalized spacial score (nSPS) is 24.4. The number of nitrogens with two attached hydrogens (primary N) is 1. The molecule has 0 saturated heterocycles. The fourth-order valence-electron chi connectivity index (χ4n) is 2.82. The van der Waals surface area contributed by atoms with Gasteiger partial charge in [-0.25, -0.2) is 0 Å². The SMILES string of the molecule is CC(C)n1ccc(NCC2CCCCC2CN)n1. The van der Waals surface area contributed by atoms with Crippen LogP contribution >= 0.6 is 0 Å². The zero-order valence-electron chi connectivity index (χ0n) is 11.6. The fourth-order valence-corrected chi connectivity index (χ4v) is 2.82. The summed E-state index contributed by atoms with van der Waals surface area (Å²) in [4.78, 5) is 0. The lowest BCUT2D eigenvalue weighted by Crippen LogP contribution is -2.31. The third-order valence-electron chi connectivity index (χ3n) is 4.05. The number of aromatic nitrogens is 2. The number of hydrogen-bond acceptors (Lipinski definition) is 3. The van der Waals surface area contributed by atoms with Gasteiger partial charge >= 0.3 is 0 Å². The van der Waals surface area contributed by atoms with Gasteiger partial charge in [0.1, 0.15) is 5.82 Å². The highest BCUT2D eigenvalue weighted by Crippen LogP contribution is 2.29. The predicted octanol–water partition coefficient (Wildman–Crippen LogP) is 2.64. The van der Waals surface area contributed by atoms with Gasteiger partial charge < -0.3 is 11.1 Å². The topological polar surface area (TPSA) is 55.9 Å². The van der Waals surface area contributed by atoms with Gasteiger partial charge in [-0.05, 0) is 45.1 Å². The molecule has 1 aliphatic carbocycles. The summed E-state index contributed by atoms with van der Waals surface area (Å²) >= 11 is 0. The Morgan fingerprint density at radius 3 is 2.72 bits per heavy atom. The first-order chi connectivity index (χ1) is 8.70. The Morgan fingerprint density at radius 2 is 2.11 bits per heavy atom. The van der Waals surface area contributed by atoms with E-state index in [0.29, 0.717) is 17.9 Å². The number of nitrogens with zero attached hydrogens (tertiary/aromatic N) is 2. The van der Waals surface area contributed by atoms with Crippen molar-refractivity contribution < 1.29 is 0 Å². The highest BCUT2D eigenvalue weighted by atomic mass is 15.3.